The van der Waals surface area contributed by atoms with Crippen LogP contribution in [0.25, 0.3) is 0 Å². The Morgan fingerprint density at radius 1 is 1.24 bits per heavy atom. The number of esters is 1. The molecule has 21 heavy (non-hydrogen) atoms. The van der Waals surface area contributed by atoms with Crippen molar-refractivity contribution >= 4 is 17.6 Å². The highest BCUT2D eigenvalue weighted by molar-refractivity contribution is 6.02. The number of ether oxygens (including phenoxy) is 1. The van der Waals surface area contributed by atoms with Gasteiger partial charge in [0, 0.05) is 6.42 Å². The van der Waals surface area contributed by atoms with Gasteiger partial charge in [0.2, 0.25) is 0 Å². The second kappa shape index (κ2) is 6.08. The van der Waals surface area contributed by atoms with Crippen molar-refractivity contribution in [3.8, 4) is 0 Å². The van der Waals surface area contributed by atoms with Gasteiger partial charge in [0.05, 0.1) is 18.2 Å². The first-order valence-corrected chi connectivity index (χ1v) is 7.34. The van der Waals surface area contributed by atoms with E-state index in [0.717, 1.165) is 37.0 Å². The molecule has 5 nitrogen and oxygen atoms in total. The molecule has 1 aromatic carbocycles. The van der Waals surface area contributed by atoms with E-state index in [1.807, 2.05) is 30.3 Å². The van der Waals surface area contributed by atoms with E-state index < -0.39 is 0 Å². The molecule has 1 fully saturated rings. The fourth-order valence-electron chi connectivity index (χ4n) is 2.44. The molecule has 5 heteroatoms. The topological polar surface area (TPSA) is 59.0 Å². The lowest BCUT2D eigenvalue weighted by molar-refractivity contribution is -0.157. The molecular weight excluding hydrogens is 268 g/mol. The summed E-state index contributed by atoms with van der Waals surface area (Å²) >= 11 is 0. The first kappa shape index (κ1) is 13.8. The van der Waals surface area contributed by atoms with Crippen LogP contribution in [0.1, 0.15) is 31.2 Å². The van der Waals surface area contributed by atoms with Gasteiger partial charge < -0.3 is 4.74 Å². The summed E-state index contributed by atoms with van der Waals surface area (Å²) in [5, 5.41) is 5.72. The Balaban J connectivity index is 1.54. The first-order valence-electron chi connectivity index (χ1n) is 7.34. The molecule has 3 rings (SSSR count). The van der Waals surface area contributed by atoms with E-state index in [2.05, 4.69) is 5.10 Å². The number of rotatable bonds is 4. The Bertz CT molecular complexity index is 564. The van der Waals surface area contributed by atoms with Gasteiger partial charge in [-0.3, -0.25) is 9.59 Å². The van der Waals surface area contributed by atoms with E-state index in [9.17, 15) is 9.59 Å². The van der Waals surface area contributed by atoms with Crippen molar-refractivity contribution in [2.24, 2.45) is 11.0 Å². The summed E-state index contributed by atoms with van der Waals surface area (Å²) in [6.07, 6.45) is 3.57. The fourth-order valence-corrected chi connectivity index (χ4v) is 2.44. The molecule has 0 spiro atoms. The number of benzene rings is 1. The van der Waals surface area contributed by atoms with Crippen LogP contribution in [-0.4, -0.2) is 35.7 Å². The predicted octanol–water partition coefficient (Wildman–Crippen LogP) is 1.97. The molecule has 0 saturated heterocycles. The van der Waals surface area contributed by atoms with Gasteiger partial charge >= 0.3 is 5.97 Å². The third kappa shape index (κ3) is 3.12. The maximum atomic E-state index is 12.0. The molecule has 2 aliphatic rings. The summed E-state index contributed by atoms with van der Waals surface area (Å²) in [7, 11) is 0. The molecule has 1 aromatic rings. The summed E-state index contributed by atoms with van der Waals surface area (Å²) in [4.78, 5) is 23.6. The average Bonchev–Trinajstić information content (AvgIpc) is 2.94. The second-order valence-electron chi connectivity index (χ2n) is 5.42. The maximum Gasteiger partial charge on any atom is 0.309 e. The number of amides is 1. The van der Waals surface area contributed by atoms with E-state index in [4.69, 9.17) is 4.74 Å². The van der Waals surface area contributed by atoms with Crippen molar-refractivity contribution in [1.82, 2.24) is 5.01 Å². The average molecular weight is 286 g/mol. The van der Waals surface area contributed by atoms with E-state index in [1.165, 1.54) is 5.01 Å². The molecule has 1 heterocycles. The lowest BCUT2D eigenvalue weighted by Crippen LogP contribution is -2.31. The second-order valence-corrected chi connectivity index (χ2v) is 5.42. The van der Waals surface area contributed by atoms with Crippen molar-refractivity contribution in [3.05, 3.63) is 35.9 Å². The first-order chi connectivity index (χ1) is 10.2. The minimum atomic E-state index is -0.256. The molecule has 110 valence electrons. The Morgan fingerprint density at radius 3 is 2.67 bits per heavy atom. The number of carbonyl (C=O) groups excluding carboxylic acids is 2. The normalized spacial score (nSPS) is 18.1. The van der Waals surface area contributed by atoms with Crippen molar-refractivity contribution in [3.63, 3.8) is 0 Å². The van der Waals surface area contributed by atoms with Crippen LogP contribution in [0.3, 0.4) is 0 Å². The summed E-state index contributed by atoms with van der Waals surface area (Å²) in [6.45, 7) is 0.338. The number of hydrogen-bond donors (Lipinski definition) is 0. The molecular formula is C16H18N2O3. The number of hydrogen-bond acceptors (Lipinski definition) is 4. The van der Waals surface area contributed by atoms with Gasteiger partial charge in [-0.05, 0) is 18.4 Å². The van der Waals surface area contributed by atoms with E-state index >= 15 is 0 Å². The van der Waals surface area contributed by atoms with Crippen molar-refractivity contribution in [2.45, 2.75) is 25.7 Å². The zero-order valence-electron chi connectivity index (χ0n) is 11.8. The van der Waals surface area contributed by atoms with Gasteiger partial charge in [-0.2, -0.15) is 5.10 Å². The molecule has 1 aliphatic carbocycles. The molecule has 0 radical (unpaired) electrons. The third-order valence-corrected chi connectivity index (χ3v) is 3.97. The molecule has 1 amide bonds. The minimum Gasteiger partial charge on any atom is -0.455 e. The summed E-state index contributed by atoms with van der Waals surface area (Å²) in [5.74, 6) is -0.505. The van der Waals surface area contributed by atoms with Gasteiger partial charge in [0.25, 0.3) is 5.91 Å². The third-order valence-electron chi connectivity index (χ3n) is 3.97. The Labute approximate surface area is 123 Å². The monoisotopic (exact) mass is 286 g/mol. The van der Waals surface area contributed by atoms with Crippen LogP contribution < -0.4 is 0 Å². The Morgan fingerprint density at radius 2 is 2.00 bits per heavy atom. The number of carbonyl (C=O) groups is 2. The van der Waals surface area contributed by atoms with Crippen LogP contribution in [0.15, 0.2) is 35.4 Å². The SMILES string of the molecule is O=C(OCC(=O)N1CCC(c2ccccc2)=N1)C1CCC1. The highest BCUT2D eigenvalue weighted by atomic mass is 16.5. The fraction of sp³-hybridized carbons (Fsp3) is 0.438. The molecule has 1 aliphatic heterocycles. The minimum absolute atomic E-state index is 0.000223. The largest absolute Gasteiger partial charge is 0.455 e. The lowest BCUT2D eigenvalue weighted by Gasteiger charge is -2.23. The molecule has 1 saturated carbocycles. The molecule has 0 N–H and O–H groups in total. The number of nitrogens with zero attached hydrogens (tertiary/aromatic N) is 2. The van der Waals surface area contributed by atoms with Crippen LogP contribution in [0.5, 0.6) is 0 Å². The van der Waals surface area contributed by atoms with Gasteiger partial charge in [0.1, 0.15) is 0 Å². The van der Waals surface area contributed by atoms with Gasteiger partial charge in [0.15, 0.2) is 6.61 Å². The van der Waals surface area contributed by atoms with Crippen molar-refractivity contribution in [2.75, 3.05) is 13.2 Å². The van der Waals surface area contributed by atoms with Crippen molar-refractivity contribution in [1.29, 1.82) is 0 Å². The van der Waals surface area contributed by atoms with Gasteiger partial charge in [-0.15, -0.1) is 0 Å². The standard InChI is InChI=1S/C16H18N2O3/c19-15(11-21-16(20)13-7-4-8-13)18-10-9-14(17-18)12-5-2-1-3-6-12/h1-3,5-6,13H,4,7-11H2. The summed E-state index contributed by atoms with van der Waals surface area (Å²) in [5.41, 5.74) is 1.92. The van der Waals surface area contributed by atoms with Crippen LogP contribution in [0.2, 0.25) is 0 Å². The van der Waals surface area contributed by atoms with Crippen LogP contribution >= 0.6 is 0 Å². The Kier molecular flexibility index (Phi) is 3.99. The Hall–Kier alpha value is -2.17. The van der Waals surface area contributed by atoms with E-state index in [1.54, 1.807) is 0 Å². The quantitative estimate of drug-likeness (QED) is 0.795. The molecule has 0 bridgehead atoms. The lowest BCUT2D eigenvalue weighted by atomic mass is 9.86. The molecule has 0 atom stereocenters. The summed E-state index contributed by atoms with van der Waals surface area (Å²) < 4.78 is 5.06. The van der Waals surface area contributed by atoms with Crippen LogP contribution in [0, 0.1) is 5.92 Å². The van der Waals surface area contributed by atoms with Gasteiger partial charge in [-0.25, -0.2) is 5.01 Å². The maximum absolute atomic E-state index is 12.0. The zero-order chi connectivity index (χ0) is 14.7. The molecule has 0 unspecified atom stereocenters. The zero-order valence-corrected chi connectivity index (χ0v) is 11.8. The summed E-state index contributed by atoms with van der Waals surface area (Å²) in [6, 6.07) is 9.79. The smallest absolute Gasteiger partial charge is 0.309 e. The molecule has 0 aromatic heterocycles. The highest BCUT2D eigenvalue weighted by Gasteiger charge is 2.28. The number of hydrazone groups is 1. The van der Waals surface area contributed by atoms with Gasteiger partial charge in [-0.1, -0.05) is 36.8 Å². The van der Waals surface area contributed by atoms with E-state index in [-0.39, 0.29) is 24.4 Å². The predicted molar refractivity (Wildman–Crippen MR) is 77.6 cm³/mol. The van der Waals surface area contributed by atoms with Crippen molar-refractivity contribution < 1.29 is 14.3 Å². The van der Waals surface area contributed by atoms with E-state index in [0.29, 0.717) is 6.54 Å². The van der Waals surface area contributed by atoms with Crippen LogP contribution in [-0.2, 0) is 14.3 Å². The van der Waals surface area contributed by atoms with Crippen LogP contribution in [0.4, 0.5) is 0 Å². The highest BCUT2D eigenvalue weighted by Crippen LogP contribution is 2.27.